The number of carbonyl (C=O) groups excluding carboxylic acids is 1. The minimum absolute atomic E-state index is 0.189. The molecule has 29 heavy (non-hydrogen) atoms. The van der Waals surface area contributed by atoms with Crippen LogP contribution in [0.5, 0.6) is 5.75 Å². The number of amides is 1. The Labute approximate surface area is 175 Å². The lowest BCUT2D eigenvalue weighted by Gasteiger charge is -2.17. The molecule has 0 aromatic heterocycles. The molecule has 0 spiro atoms. The van der Waals surface area contributed by atoms with Crippen molar-refractivity contribution in [1.29, 1.82) is 0 Å². The average Bonchev–Trinajstić information content (AvgIpc) is 3.12. The summed E-state index contributed by atoms with van der Waals surface area (Å²) in [4.78, 5) is 22.9. The molecular weight excluding hydrogens is 425 g/mol. The number of para-hydroxylation sites is 1. The number of benzene rings is 2. The van der Waals surface area contributed by atoms with E-state index in [2.05, 4.69) is 15.1 Å². The summed E-state index contributed by atoms with van der Waals surface area (Å²) in [6, 6.07) is 9.51. The lowest BCUT2D eigenvalue weighted by atomic mass is 10.2. The second-order valence-electron chi connectivity index (χ2n) is 5.85. The van der Waals surface area contributed by atoms with E-state index in [4.69, 9.17) is 44.1 Å². The lowest BCUT2D eigenvalue weighted by molar-refractivity contribution is -0.497. The molecule has 154 valence electrons. The van der Waals surface area contributed by atoms with Crippen molar-refractivity contribution in [3.63, 3.8) is 0 Å². The first-order valence-corrected chi connectivity index (χ1v) is 9.06. The predicted molar refractivity (Wildman–Crippen MR) is 105 cm³/mol. The Balaban J connectivity index is 1.80. The number of anilines is 1. The second kappa shape index (κ2) is 9.27. The third-order valence-corrected chi connectivity index (χ3v) is 4.43. The highest BCUT2D eigenvalue weighted by atomic mass is 35.5. The molecule has 2 aromatic rings. The number of nitrogens with two attached hydrogens (primary N) is 1. The molecule has 1 aliphatic heterocycles. The number of rotatable bonds is 5. The normalized spacial score (nSPS) is 15.1. The molecule has 0 aliphatic carbocycles. The molecule has 1 saturated heterocycles. The van der Waals surface area contributed by atoms with Crippen LogP contribution in [0.4, 0.5) is 16.2 Å². The number of ether oxygens (including phenoxy) is 1. The number of halogens is 2. The van der Waals surface area contributed by atoms with Crippen molar-refractivity contribution in [2.45, 2.75) is 6.61 Å². The van der Waals surface area contributed by atoms with Gasteiger partial charge in [-0.2, -0.15) is 0 Å². The van der Waals surface area contributed by atoms with Gasteiger partial charge in [-0.25, -0.2) is 19.5 Å². The highest BCUT2D eigenvalue weighted by Crippen LogP contribution is 2.35. The van der Waals surface area contributed by atoms with Gasteiger partial charge in [0.15, 0.2) is 0 Å². The van der Waals surface area contributed by atoms with E-state index in [9.17, 15) is 4.79 Å². The Morgan fingerprint density at radius 3 is 2.66 bits per heavy atom. The van der Waals surface area contributed by atoms with Crippen LogP contribution in [0, 0.1) is 0 Å². The van der Waals surface area contributed by atoms with Crippen molar-refractivity contribution >= 4 is 46.6 Å². The second-order valence-corrected chi connectivity index (χ2v) is 6.66. The fraction of sp³-hybridized carbons (Fsp3) is 0.176. The maximum atomic E-state index is 12.7. The third-order valence-electron chi connectivity index (χ3n) is 3.86. The van der Waals surface area contributed by atoms with Crippen molar-refractivity contribution in [2.75, 3.05) is 18.8 Å². The van der Waals surface area contributed by atoms with Gasteiger partial charge in [0, 0.05) is 24.3 Å². The molecule has 1 heterocycles. The van der Waals surface area contributed by atoms with Gasteiger partial charge in [0.1, 0.15) is 18.0 Å². The van der Waals surface area contributed by atoms with E-state index in [0.717, 1.165) is 0 Å². The number of nitrogen functional groups attached to an aromatic ring is 1. The quantitative estimate of drug-likeness (QED) is 0.410. The van der Waals surface area contributed by atoms with Crippen molar-refractivity contribution in [3.8, 4) is 5.75 Å². The topological polar surface area (TPSA) is 133 Å². The molecule has 1 fully saturated rings. The van der Waals surface area contributed by atoms with E-state index < -0.39 is 11.5 Å². The highest BCUT2D eigenvalue weighted by molar-refractivity contribution is 6.39. The molecule has 12 heteroatoms. The molecule has 0 saturated carbocycles. The van der Waals surface area contributed by atoms with Gasteiger partial charge in [-0.3, -0.25) is 10.4 Å². The van der Waals surface area contributed by atoms with Gasteiger partial charge >= 0.3 is 6.09 Å². The molecule has 0 atom stereocenters. The van der Waals surface area contributed by atoms with Gasteiger partial charge in [-0.1, -0.05) is 41.4 Å². The van der Waals surface area contributed by atoms with Crippen LogP contribution < -0.4 is 15.8 Å². The van der Waals surface area contributed by atoms with Gasteiger partial charge in [-0.15, -0.1) is 0 Å². The molecule has 3 rings (SSSR count). The smallest absolute Gasteiger partial charge is 0.410 e. The number of guanidine groups is 1. The summed E-state index contributed by atoms with van der Waals surface area (Å²) in [6.07, 6.45) is -0.700. The number of hydrogen-bond acceptors (Lipinski definition) is 8. The number of carbonyl (C=O) groups is 1. The van der Waals surface area contributed by atoms with E-state index in [0.29, 0.717) is 24.3 Å². The van der Waals surface area contributed by atoms with Crippen LogP contribution >= 0.6 is 23.2 Å². The van der Waals surface area contributed by atoms with Crippen LogP contribution in [0.15, 0.2) is 41.4 Å². The molecule has 1 amide bonds. The highest BCUT2D eigenvalue weighted by Gasteiger charge is 2.28. The minimum Gasteiger partial charge on any atom is -0.410 e. The zero-order valence-corrected chi connectivity index (χ0v) is 16.4. The zero-order valence-electron chi connectivity index (χ0n) is 14.9. The first-order valence-electron chi connectivity index (χ1n) is 8.30. The summed E-state index contributed by atoms with van der Waals surface area (Å²) < 4.78 is 5.43. The van der Waals surface area contributed by atoms with Crippen molar-refractivity contribution in [3.05, 3.63) is 52.0 Å². The van der Waals surface area contributed by atoms with E-state index in [-0.39, 0.29) is 34.0 Å². The lowest BCUT2D eigenvalue weighted by Crippen LogP contribution is -2.37. The summed E-state index contributed by atoms with van der Waals surface area (Å²) in [5, 5.41) is 20.4. The number of nitrogens with zero attached hydrogens (tertiary/aromatic N) is 3. The summed E-state index contributed by atoms with van der Waals surface area (Å²) in [7, 11) is 0. The fourth-order valence-corrected chi connectivity index (χ4v) is 3.14. The Morgan fingerprint density at radius 1 is 1.28 bits per heavy atom. The summed E-state index contributed by atoms with van der Waals surface area (Å²) in [5.41, 5.74) is 6.77. The number of aliphatic imine (C=N–C) groups is 1. The first kappa shape index (κ1) is 21.1. The van der Waals surface area contributed by atoms with Crippen molar-refractivity contribution in [1.82, 2.24) is 15.6 Å². The van der Waals surface area contributed by atoms with E-state index in [1.165, 1.54) is 17.0 Å². The van der Waals surface area contributed by atoms with Crippen molar-refractivity contribution in [2.24, 2.45) is 4.99 Å². The zero-order chi connectivity index (χ0) is 21.0. The summed E-state index contributed by atoms with van der Waals surface area (Å²) in [5.74, 6) is 0.406. The predicted octanol–water partition coefficient (Wildman–Crippen LogP) is 3.18. The first-order chi connectivity index (χ1) is 13.8. The molecule has 5 N–H and O–H groups in total. The molecule has 0 bridgehead atoms. The summed E-state index contributed by atoms with van der Waals surface area (Å²) >= 11 is 12.3. The maximum Gasteiger partial charge on any atom is 0.422 e. The van der Waals surface area contributed by atoms with E-state index in [1.807, 2.05) is 0 Å². The average molecular weight is 442 g/mol. The maximum absolute atomic E-state index is 12.7. The SMILES string of the molecule is Nc1cc(Cl)c(/N=C2\NCCN2C(=O)Oc2ccccc2CON(O)O)c(Cl)c1. The number of nitrogens with one attached hydrogen (secondary N) is 1. The van der Waals surface area contributed by atoms with E-state index >= 15 is 0 Å². The monoisotopic (exact) mass is 441 g/mol. The molecule has 0 unspecified atom stereocenters. The van der Waals surface area contributed by atoms with E-state index in [1.54, 1.807) is 24.3 Å². The third kappa shape index (κ3) is 5.26. The number of hydrogen-bond donors (Lipinski definition) is 4. The van der Waals surface area contributed by atoms with Crippen molar-refractivity contribution < 1.29 is 24.8 Å². The van der Waals surface area contributed by atoms with Crippen LogP contribution in [0.25, 0.3) is 0 Å². The van der Waals surface area contributed by atoms with Crippen LogP contribution in [0.2, 0.25) is 10.0 Å². The van der Waals surface area contributed by atoms with Crippen LogP contribution in [0.3, 0.4) is 0 Å². The standard InChI is InChI=1S/C17H17Cl2N5O5/c18-12-7-11(20)8-13(19)15(12)22-16-21-5-6-23(16)17(25)29-14-4-2-1-3-10(14)9-28-24(26)27/h1-4,7-8,26-27H,5-6,9,20H2,(H,21,22). The Kier molecular flexibility index (Phi) is 6.75. The van der Waals surface area contributed by atoms with Crippen LogP contribution in [-0.4, -0.2) is 45.8 Å². The van der Waals surface area contributed by atoms with Gasteiger partial charge < -0.3 is 15.8 Å². The van der Waals surface area contributed by atoms with Gasteiger partial charge in [0.05, 0.1) is 15.4 Å². The molecule has 10 nitrogen and oxygen atoms in total. The largest absolute Gasteiger partial charge is 0.422 e. The summed E-state index contributed by atoms with van der Waals surface area (Å²) in [6.45, 7) is 0.529. The van der Waals surface area contributed by atoms with Gasteiger partial charge in [-0.05, 0) is 18.2 Å². The molecule has 1 aliphatic rings. The molecule has 0 radical (unpaired) electrons. The molecular formula is C17H17Cl2N5O5. The Morgan fingerprint density at radius 2 is 1.97 bits per heavy atom. The van der Waals surface area contributed by atoms with Crippen LogP contribution in [-0.2, 0) is 11.4 Å². The minimum atomic E-state index is -0.700. The van der Waals surface area contributed by atoms with Gasteiger partial charge in [0.25, 0.3) is 0 Å². The fourth-order valence-electron chi connectivity index (χ4n) is 2.56. The Hall–Kier alpha value is -2.60. The Bertz CT molecular complexity index is 917. The molecule has 2 aromatic carbocycles. The van der Waals surface area contributed by atoms with Gasteiger partial charge in [0.2, 0.25) is 5.96 Å². The van der Waals surface area contributed by atoms with Crippen LogP contribution in [0.1, 0.15) is 5.56 Å².